The number of furan rings is 1. The average Bonchev–Trinajstić information content (AvgIpc) is 3.18. The second-order valence-electron chi connectivity index (χ2n) is 6.06. The fourth-order valence-electron chi connectivity index (χ4n) is 3.04. The first kappa shape index (κ1) is 17.3. The van der Waals surface area contributed by atoms with E-state index in [1.165, 1.54) is 12.1 Å². The molecule has 2 heterocycles. The van der Waals surface area contributed by atoms with Gasteiger partial charge >= 0.3 is 6.36 Å². The maximum atomic E-state index is 12.3. The number of nitrogens with two attached hydrogens (primary N) is 1. The molecule has 8 heteroatoms. The van der Waals surface area contributed by atoms with E-state index in [1.54, 1.807) is 29.5 Å². The highest BCUT2D eigenvalue weighted by Gasteiger charge is 2.32. The molecule has 0 amide bonds. The molecule has 0 bridgehead atoms. The Kier molecular flexibility index (Phi) is 4.19. The van der Waals surface area contributed by atoms with Gasteiger partial charge in [0.1, 0.15) is 11.3 Å². The van der Waals surface area contributed by atoms with Crippen LogP contribution in [0.3, 0.4) is 0 Å². The molecule has 1 aliphatic heterocycles. The second kappa shape index (κ2) is 6.55. The predicted molar refractivity (Wildman–Crippen MR) is 91.0 cm³/mol. The maximum absolute atomic E-state index is 12.3. The van der Waals surface area contributed by atoms with E-state index in [9.17, 15) is 13.2 Å². The van der Waals surface area contributed by atoms with Crippen molar-refractivity contribution in [1.29, 1.82) is 0 Å². The van der Waals surface area contributed by atoms with Gasteiger partial charge in [0.05, 0.1) is 18.8 Å². The molecule has 1 aliphatic rings. The van der Waals surface area contributed by atoms with Gasteiger partial charge in [0.15, 0.2) is 0 Å². The molecule has 27 heavy (non-hydrogen) atoms. The molecule has 2 N–H and O–H groups in total. The summed E-state index contributed by atoms with van der Waals surface area (Å²) < 4.78 is 46.3. The maximum Gasteiger partial charge on any atom is 0.573 e. The van der Waals surface area contributed by atoms with Gasteiger partial charge in [-0.2, -0.15) is 0 Å². The molecule has 2 aromatic carbocycles. The van der Waals surface area contributed by atoms with Crippen molar-refractivity contribution in [2.45, 2.75) is 18.9 Å². The van der Waals surface area contributed by atoms with E-state index in [1.807, 2.05) is 24.3 Å². The standard InChI is InChI=1S/C19H15F3N2O3/c20-19(21,22)26-13-7-5-12(6-8-13)10-24-16(9-18(23)27-24)15-11-25-17-4-2-1-3-14(15)17/h1-9,11,16H,10,23H2. The molecule has 4 rings (SSSR count). The minimum Gasteiger partial charge on any atom is -0.464 e. The largest absolute Gasteiger partial charge is 0.573 e. The highest BCUT2D eigenvalue weighted by molar-refractivity contribution is 5.81. The first-order chi connectivity index (χ1) is 12.9. The van der Waals surface area contributed by atoms with Gasteiger partial charge in [0.2, 0.25) is 5.88 Å². The predicted octanol–water partition coefficient (Wildman–Crippen LogP) is 4.62. The fourth-order valence-corrected chi connectivity index (χ4v) is 3.04. The van der Waals surface area contributed by atoms with Crippen molar-refractivity contribution >= 4 is 11.0 Å². The van der Waals surface area contributed by atoms with Crippen molar-refractivity contribution in [3.63, 3.8) is 0 Å². The number of nitrogens with zero attached hydrogens (tertiary/aromatic N) is 1. The van der Waals surface area contributed by atoms with Crippen LogP contribution in [-0.4, -0.2) is 11.4 Å². The molecule has 1 aromatic heterocycles. The summed E-state index contributed by atoms with van der Waals surface area (Å²) in [7, 11) is 0. The number of halogens is 3. The lowest BCUT2D eigenvalue weighted by molar-refractivity contribution is -0.274. The van der Waals surface area contributed by atoms with E-state index in [0.29, 0.717) is 6.54 Å². The summed E-state index contributed by atoms with van der Waals surface area (Å²) in [6.45, 7) is 0.313. The molecule has 0 radical (unpaired) electrons. The Bertz CT molecular complexity index is 980. The van der Waals surface area contributed by atoms with E-state index in [2.05, 4.69) is 4.74 Å². The zero-order valence-corrected chi connectivity index (χ0v) is 13.9. The lowest BCUT2D eigenvalue weighted by Gasteiger charge is -2.22. The molecule has 5 nitrogen and oxygen atoms in total. The van der Waals surface area contributed by atoms with Crippen molar-refractivity contribution in [3.05, 3.63) is 77.9 Å². The van der Waals surface area contributed by atoms with Crippen LogP contribution in [0.15, 0.2) is 71.2 Å². The summed E-state index contributed by atoms with van der Waals surface area (Å²) in [5.41, 5.74) is 8.22. The minimum atomic E-state index is -4.72. The number of fused-ring (bicyclic) bond motifs is 1. The van der Waals surface area contributed by atoms with E-state index in [-0.39, 0.29) is 17.7 Å². The van der Waals surface area contributed by atoms with Gasteiger partial charge in [-0.25, -0.2) is 0 Å². The van der Waals surface area contributed by atoms with Gasteiger partial charge in [-0.15, -0.1) is 18.2 Å². The summed E-state index contributed by atoms with van der Waals surface area (Å²) in [4.78, 5) is 5.58. The van der Waals surface area contributed by atoms with Gasteiger partial charge in [-0.3, -0.25) is 0 Å². The van der Waals surface area contributed by atoms with Crippen molar-refractivity contribution in [2.24, 2.45) is 5.73 Å². The second-order valence-corrected chi connectivity index (χ2v) is 6.06. The van der Waals surface area contributed by atoms with Crippen molar-refractivity contribution in [2.75, 3.05) is 0 Å². The Labute approximate surface area is 152 Å². The molecule has 0 saturated heterocycles. The normalized spacial score (nSPS) is 17.7. The van der Waals surface area contributed by atoms with Crippen LogP contribution < -0.4 is 10.5 Å². The van der Waals surface area contributed by atoms with Crippen LogP contribution in [0, 0.1) is 0 Å². The Morgan fingerprint density at radius 1 is 1.07 bits per heavy atom. The Hall–Kier alpha value is -3.13. The van der Waals surface area contributed by atoms with Crippen LogP contribution in [0.5, 0.6) is 5.75 Å². The number of ether oxygens (including phenoxy) is 1. The molecule has 0 spiro atoms. The molecule has 0 saturated carbocycles. The molecule has 1 atom stereocenters. The smallest absolute Gasteiger partial charge is 0.464 e. The molecule has 0 fully saturated rings. The third-order valence-electron chi connectivity index (χ3n) is 4.18. The Balaban J connectivity index is 1.55. The summed E-state index contributed by atoms with van der Waals surface area (Å²) in [5, 5.41) is 2.59. The molecular weight excluding hydrogens is 361 g/mol. The Morgan fingerprint density at radius 2 is 1.81 bits per heavy atom. The zero-order valence-electron chi connectivity index (χ0n) is 13.9. The molecular formula is C19H15F3N2O3. The summed E-state index contributed by atoms with van der Waals surface area (Å²) in [5.74, 6) is -0.0223. The first-order valence-corrected chi connectivity index (χ1v) is 8.12. The summed E-state index contributed by atoms with van der Waals surface area (Å²) in [6.07, 6.45) is -1.30. The van der Waals surface area contributed by atoms with Gasteiger partial charge in [-0.05, 0) is 23.8 Å². The van der Waals surface area contributed by atoms with Gasteiger partial charge < -0.3 is 19.7 Å². The van der Waals surface area contributed by atoms with Crippen LogP contribution >= 0.6 is 0 Å². The van der Waals surface area contributed by atoms with Crippen molar-refractivity contribution in [1.82, 2.24) is 5.06 Å². The highest BCUT2D eigenvalue weighted by atomic mass is 19.4. The Morgan fingerprint density at radius 3 is 2.56 bits per heavy atom. The SMILES string of the molecule is NC1=CC(c2coc3ccccc23)N(Cc2ccc(OC(F)(F)F)cc2)O1. The monoisotopic (exact) mass is 376 g/mol. The van der Waals surface area contributed by atoms with Crippen LogP contribution in [0.25, 0.3) is 11.0 Å². The number of alkyl halides is 3. The molecule has 3 aromatic rings. The van der Waals surface area contributed by atoms with Gasteiger partial charge in [0.25, 0.3) is 0 Å². The van der Waals surface area contributed by atoms with Crippen LogP contribution in [0.4, 0.5) is 13.2 Å². The van der Waals surface area contributed by atoms with Gasteiger partial charge in [0, 0.05) is 17.0 Å². The van der Waals surface area contributed by atoms with Crippen molar-refractivity contribution < 1.29 is 27.2 Å². The summed E-state index contributed by atoms with van der Waals surface area (Å²) >= 11 is 0. The zero-order chi connectivity index (χ0) is 19.0. The molecule has 0 aliphatic carbocycles. The lowest BCUT2D eigenvalue weighted by Crippen LogP contribution is -2.23. The number of hydroxylamine groups is 2. The van der Waals surface area contributed by atoms with Crippen molar-refractivity contribution in [3.8, 4) is 5.75 Å². The van der Waals surface area contributed by atoms with E-state index >= 15 is 0 Å². The number of benzene rings is 2. The van der Waals surface area contributed by atoms with Crippen LogP contribution in [0.2, 0.25) is 0 Å². The van der Waals surface area contributed by atoms with Crippen LogP contribution in [0.1, 0.15) is 17.2 Å². The fraction of sp³-hybridized carbons (Fsp3) is 0.158. The third kappa shape index (κ3) is 3.70. The van der Waals surface area contributed by atoms with E-state index < -0.39 is 6.36 Å². The number of rotatable bonds is 4. The highest BCUT2D eigenvalue weighted by Crippen LogP contribution is 2.36. The van der Waals surface area contributed by atoms with Gasteiger partial charge in [-0.1, -0.05) is 30.3 Å². The third-order valence-corrected chi connectivity index (χ3v) is 4.18. The number of hydrogen-bond acceptors (Lipinski definition) is 5. The number of hydrogen-bond donors (Lipinski definition) is 1. The first-order valence-electron chi connectivity index (χ1n) is 8.12. The topological polar surface area (TPSA) is 60.9 Å². The summed E-state index contributed by atoms with van der Waals surface area (Å²) in [6, 6.07) is 12.9. The average molecular weight is 376 g/mol. The molecule has 1 unspecified atom stereocenters. The van der Waals surface area contributed by atoms with E-state index in [4.69, 9.17) is 15.0 Å². The quantitative estimate of drug-likeness (QED) is 0.720. The molecule has 140 valence electrons. The minimum absolute atomic E-state index is 0.252. The van der Waals surface area contributed by atoms with E-state index in [0.717, 1.165) is 22.1 Å². The lowest BCUT2D eigenvalue weighted by atomic mass is 10.1. The number of para-hydroxylation sites is 1. The van der Waals surface area contributed by atoms with Crippen LogP contribution in [-0.2, 0) is 11.4 Å².